The van der Waals surface area contributed by atoms with E-state index in [1.807, 2.05) is 12.1 Å². The second-order valence-corrected chi connectivity index (χ2v) is 13.0. The first-order valence-electron chi connectivity index (χ1n) is 18.6. The van der Waals surface area contributed by atoms with E-state index < -0.39 is 11.9 Å². The first kappa shape index (κ1) is 46.5. The molecule has 0 aliphatic rings. The number of rotatable bonds is 16. The second-order valence-electron chi connectivity index (χ2n) is 13.0. The zero-order valence-electron chi connectivity index (χ0n) is 32.2. The number of aliphatic imine (C=N–C) groups is 2. The van der Waals surface area contributed by atoms with E-state index in [0.717, 1.165) is 135 Å². The fourth-order valence-electron chi connectivity index (χ4n) is 5.64. The van der Waals surface area contributed by atoms with Gasteiger partial charge in [-0.15, -0.1) is 0 Å². The van der Waals surface area contributed by atoms with Gasteiger partial charge in [-0.05, 0) is 123 Å². The molecule has 0 aliphatic heterocycles. The van der Waals surface area contributed by atoms with Gasteiger partial charge in [0.25, 0.3) is 0 Å². The number of nitrogens with zero attached hydrogens (tertiary/aromatic N) is 2. The van der Waals surface area contributed by atoms with Crippen LogP contribution in [0.4, 0.5) is 11.4 Å². The molecule has 4 rings (SSSR count). The molecule has 0 atom stereocenters. The van der Waals surface area contributed by atoms with Gasteiger partial charge in [0.2, 0.25) is 0 Å². The smallest absolute Gasteiger partial charge is 0.550 e. The number of benzene rings is 4. The van der Waals surface area contributed by atoms with E-state index in [4.69, 9.17) is 29.8 Å². The Morgan fingerprint density at radius 2 is 0.906 bits per heavy atom. The molecule has 53 heavy (non-hydrogen) atoms. The maximum atomic E-state index is 11.2. The number of carbonyl (C=O) groups excluding carboxylic acids is 2. The van der Waals surface area contributed by atoms with Crippen LogP contribution in [-0.2, 0) is 52.1 Å². The summed E-state index contributed by atoms with van der Waals surface area (Å²) in [6.45, 7) is 10.7. The van der Waals surface area contributed by atoms with Gasteiger partial charge in [-0.1, -0.05) is 89.8 Å². The Morgan fingerprint density at radius 1 is 0.585 bits per heavy atom. The van der Waals surface area contributed by atoms with Crippen LogP contribution in [0.1, 0.15) is 126 Å². The Hall–Kier alpha value is -4.47. The Bertz CT molecular complexity index is 1660. The topological polar surface area (TPSA) is 145 Å². The van der Waals surface area contributed by atoms with Crippen LogP contribution in [-0.4, -0.2) is 34.6 Å². The van der Waals surface area contributed by atoms with Crippen LogP contribution in [0.25, 0.3) is 10.8 Å². The fraction of sp³-hybridized carbons (Fsp3) is 0.409. The zero-order chi connectivity index (χ0) is 38.5. The average molecular weight is 768 g/mol. The molecule has 0 saturated heterocycles. The minimum Gasteiger partial charge on any atom is -0.550 e. The zero-order valence-corrected chi connectivity index (χ0v) is 33.2. The molecule has 0 unspecified atom stereocenters. The quantitative estimate of drug-likeness (QED) is 0.109. The van der Waals surface area contributed by atoms with Crippen molar-refractivity contribution >= 4 is 46.5 Å². The molecule has 1 radical (unpaired) electrons. The van der Waals surface area contributed by atoms with Crippen molar-refractivity contribution < 1.29 is 46.8 Å². The molecule has 0 saturated carbocycles. The molecule has 0 aromatic heterocycles. The number of aromatic hydroxyl groups is 2. The third-order valence-electron chi connectivity index (χ3n) is 8.32. The Morgan fingerprint density at radius 3 is 1.23 bits per heavy atom. The molecular formula is C44H56CoN2O6. The summed E-state index contributed by atoms with van der Waals surface area (Å²) in [5.41, 5.74) is 7.41. The summed E-state index contributed by atoms with van der Waals surface area (Å²) in [5, 5.41) is 42.3. The van der Waals surface area contributed by atoms with Crippen molar-refractivity contribution in [1.29, 1.82) is 0 Å². The first-order valence-corrected chi connectivity index (χ1v) is 18.6. The number of carboxylic acids is 2. The molecule has 287 valence electrons. The van der Waals surface area contributed by atoms with E-state index in [1.165, 1.54) is 11.1 Å². The van der Waals surface area contributed by atoms with Crippen molar-refractivity contribution in [2.75, 3.05) is 0 Å². The molecule has 9 heteroatoms. The molecule has 8 nitrogen and oxygen atoms in total. The molecule has 0 fully saturated rings. The number of carbonyl (C=O) groups is 2. The summed E-state index contributed by atoms with van der Waals surface area (Å²) in [6.07, 6.45) is 16.0. The van der Waals surface area contributed by atoms with Crippen molar-refractivity contribution in [3.8, 4) is 11.5 Å². The van der Waals surface area contributed by atoms with E-state index >= 15 is 0 Å². The van der Waals surface area contributed by atoms with Crippen molar-refractivity contribution in [1.82, 2.24) is 0 Å². The Balaban J connectivity index is 0.00000142. The maximum Gasteiger partial charge on any atom is 2.00 e. The van der Waals surface area contributed by atoms with Gasteiger partial charge in [0.05, 0.1) is 11.4 Å². The van der Waals surface area contributed by atoms with Crippen LogP contribution < -0.4 is 10.2 Å². The van der Waals surface area contributed by atoms with Crippen LogP contribution in [0.15, 0.2) is 70.6 Å². The largest absolute Gasteiger partial charge is 2.00 e. The number of unbranched alkanes of at least 4 members (excludes halogenated alkanes) is 4. The van der Waals surface area contributed by atoms with Crippen molar-refractivity contribution in [2.45, 2.75) is 119 Å². The van der Waals surface area contributed by atoms with Gasteiger partial charge in [-0.25, -0.2) is 0 Å². The molecule has 0 bridgehead atoms. The summed E-state index contributed by atoms with van der Waals surface area (Å²) < 4.78 is 0. The van der Waals surface area contributed by atoms with E-state index in [2.05, 4.69) is 76.2 Å². The minimum absolute atomic E-state index is 0. The SMILES string of the molecule is CC(=O)[O-].CC(=O)[O-].CCCCc1cc(C=Nc2cc3ccccc3cc2N=Cc2cc(CCCC)cc(CCCC)c2O)c(O)c(CCCC)c1.[Co+2]. The number of carboxylic acid groups (broad SMARTS) is 2. The van der Waals surface area contributed by atoms with Crippen molar-refractivity contribution in [3.63, 3.8) is 0 Å². The number of aryl methyl sites for hydroxylation is 4. The first-order chi connectivity index (χ1) is 24.9. The summed E-state index contributed by atoms with van der Waals surface area (Å²) in [4.78, 5) is 27.6. The average Bonchev–Trinajstić information content (AvgIpc) is 3.11. The molecule has 2 N–H and O–H groups in total. The predicted molar refractivity (Wildman–Crippen MR) is 210 cm³/mol. The van der Waals surface area contributed by atoms with E-state index in [9.17, 15) is 10.2 Å². The van der Waals surface area contributed by atoms with Crippen molar-refractivity contribution in [2.24, 2.45) is 9.98 Å². The standard InChI is InChI=1S/C40H50N2O2.2C2H4O2.Co/c1-5-9-15-29-21-33(17-11-7-3)39(43)35(23-29)27-41-37-25-31-19-13-14-20-32(31)26-38(37)42-28-36-24-30(16-10-6-2)22-34(40(36)44)18-12-8-4;2*1-2(3)4;/h13-14,19-28,43-44H,5-12,15-18H2,1-4H3;2*1H3,(H,3,4);/q;;;+2/p-2. The van der Waals surface area contributed by atoms with Gasteiger partial charge >= 0.3 is 16.8 Å². The third-order valence-corrected chi connectivity index (χ3v) is 8.32. The van der Waals surface area contributed by atoms with Crippen LogP contribution >= 0.6 is 0 Å². The number of phenolic OH excluding ortho intramolecular Hbond substituents is 2. The summed E-state index contributed by atoms with van der Waals surface area (Å²) in [7, 11) is 0. The van der Waals surface area contributed by atoms with Gasteiger partial charge in [0.1, 0.15) is 11.5 Å². The number of phenols is 2. The molecule has 4 aromatic carbocycles. The van der Waals surface area contributed by atoms with Crippen molar-refractivity contribution in [3.05, 3.63) is 94.0 Å². The number of aliphatic carboxylic acids is 2. The Kier molecular flexibility index (Phi) is 22.4. The Labute approximate surface area is 326 Å². The monoisotopic (exact) mass is 767 g/mol. The van der Waals surface area contributed by atoms with Crippen LogP contribution in [0, 0.1) is 0 Å². The summed E-state index contributed by atoms with van der Waals surface area (Å²) >= 11 is 0. The van der Waals surface area contributed by atoms with E-state index in [1.54, 1.807) is 12.4 Å². The fourth-order valence-corrected chi connectivity index (χ4v) is 5.64. The molecule has 0 aliphatic carbocycles. The molecule has 0 heterocycles. The molecular weight excluding hydrogens is 711 g/mol. The van der Waals surface area contributed by atoms with E-state index in [0.29, 0.717) is 11.5 Å². The van der Waals surface area contributed by atoms with Gasteiger partial charge < -0.3 is 30.0 Å². The molecule has 4 aromatic rings. The predicted octanol–water partition coefficient (Wildman–Crippen LogP) is 8.63. The van der Waals surface area contributed by atoms with Gasteiger partial charge in [-0.2, -0.15) is 0 Å². The summed E-state index contributed by atoms with van der Waals surface area (Å²) in [5.74, 6) is -1.52. The number of hydrogen-bond acceptors (Lipinski definition) is 8. The maximum absolute atomic E-state index is 11.2. The van der Waals surface area contributed by atoms with Crippen LogP contribution in [0.3, 0.4) is 0 Å². The number of hydrogen-bond donors (Lipinski definition) is 2. The minimum atomic E-state index is -1.08. The van der Waals surface area contributed by atoms with Gasteiger partial charge in [0.15, 0.2) is 0 Å². The van der Waals surface area contributed by atoms with Gasteiger partial charge in [-0.3, -0.25) is 9.98 Å². The summed E-state index contributed by atoms with van der Waals surface area (Å²) in [6, 6.07) is 20.8. The van der Waals surface area contributed by atoms with E-state index in [-0.39, 0.29) is 16.8 Å². The van der Waals surface area contributed by atoms with Crippen LogP contribution in [0.2, 0.25) is 0 Å². The molecule has 0 spiro atoms. The van der Waals surface area contributed by atoms with Gasteiger partial charge in [0, 0.05) is 35.5 Å². The van der Waals surface area contributed by atoms with Crippen LogP contribution in [0.5, 0.6) is 11.5 Å². The number of fused-ring (bicyclic) bond motifs is 1. The normalized spacial score (nSPS) is 10.8. The third kappa shape index (κ3) is 16.8. The molecule has 0 amide bonds. The second kappa shape index (κ2) is 25.5.